The van der Waals surface area contributed by atoms with Gasteiger partial charge in [0.15, 0.2) is 0 Å². The van der Waals surface area contributed by atoms with Crippen LogP contribution >= 0.6 is 0 Å². The van der Waals surface area contributed by atoms with Crippen LogP contribution in [0.2, 0.25) is 0 Å². The van der Waals surface area contributed by atoms with Gasteiger partial charge in [0.2, 0.25) is 5.95 Å². The molecule has 1 rings (SSSR count). The van der Waals surface area contributed by atoms with Gasteiger partial charge in [0.25, 0.3) is 5.91 Å². The first-order valence-corrected chi connectivity index (χ1v) is 5.97. The molecule has 0 saturated carbocycles. The van der Waals surface area contributed by atoms with E-state index in [4.69, 9.17) is 0 Å². The summed E-state index contributed by atoms with van der Waals surface area (Å²) in [5, 5.41) is 12.3. The van der Waals surface area contributed by atoms with E-state index in [0.717, 1.165) is 5.69 Å². The molecule has 0 bridgehead atoms. The summed E-state index contributed by atoms with van der Waals surface area (Å²) in [7, 11) is 1.64. The van der Waals surface area contributed by atoms with Gasteiger partial charge in [-0.05, 0) is 26.8 Å². The minimum atomic E-state index is -0.560. The zero-order chi connectivity index (χ0) is 13.7. The van der Waals surface area contributed by atoms with Crippen molar-refractivity contribution in [2.24, 2.45) is 0 Å². The number of aryl methyl sites for hydroxylation is 1. The van der Waals surface area contributed by atoms with Crippen LogP contribution in [-0.2, 0) is 0 Å². The zero-order valence-corrected chi connectivity index (χ0v) is 11.3. The summed E-state index contributed by atoms with van der Waals surface area (Å²) in [5.74, 6) is 0.229. The Bertz CT molecular complexity index is 421. The SMILES string of the molecule is CCNc1nc(C)cc(C(=O)N(C)CC(C)O)n1. The van der Waals surface area contributed by atoms with Gasteiger partial charge in [0.05, 0.1) is 6.10 Å². The number of hydrogen-bond acceptors (Lipinski definition) is 5. The number of aliphatic hydroxyl groups is 1. The highest BCUT2D eigenvalue weighted by Crippen LogP contribution is 2.07. The van der Waals surface area contributed by atoms with Gasteiger partial charge in [-0.25, -0.2) is 9.97 Å². The van der Waals surface area contributed by atoms with E-state index in [-0.39, 0.29) is 12.5 Å². The number of likely N-dealkylation sites (N-methyl/N-ethyl adjacent to an activating group) is 1. The van der Waals surface area contributed by atoms with Crippen LogP contribution in [0.1, 0.15) is 30.0 Å². The molecule has 18 heavy (non-hydrogen) atoms. The van der Waals surface area contributed by atoms with E-state index < -0.39 is 6.10 Å². The lowest BCUT2D eigenvalue weighted by atomic mass is 10.3. The van der Waals surface area contributed by atoms with E-state index in [2.05, 4.69) is 15.3 Å². The van der Waals surface area contributed by atoms with Crippen LogP contribution in [0, 0.1) is 6.92 Å². The van der Waals surface area contributed by atoms with Crippen LogP contribution in [0.4, 0.5) is 5.95 Å². The monoisotopic (exact) mass is 252 g/mol. The van der Waals surface area contributed by atoms with Crippen molar-refractivity contribution in [3.05, 3.63) is 17.5 Å². The second kappa shape index (κ2) is 6.30. The largest absolute Gasteiger partial charge is 0.392 e. The summed E-state index contributed by atoms with van der Waals surface area (Å²) in [6, 6.07) is 1.64. The van der Waals surface area contributed by atoms with Crippen molar-refractivity contribution in [3.8, 4) is 0 Å². The number of aliphatic hydroxyl groups excluding tert-OH is 1. The van der Waals surface area contributed by atoms with Gasteiger partial charge in [0.1, 0.15) is 5.69 Å². The summed E-state index contributed by atoms with van der Waals surface area (Å²) in [5.41, 5.74) is 1.07. The van der Waals surface area contributed by atoms with Crippen molar-refractivity contribution in [2.45, 2.75) is 26.9 Å². The second-order valence-electron chi connectivity index (χ2n) is 4.28. The smallest absolute Gasteiger partial charge is 0.272 e. The molecule has 0 aliphatic heterocycles. The third kappa shape index (κ3) is 3.96. The fourth-order valence-electron chi connectivity index (χ4n) is 1.59. The first-order valence-electron chi connectivity index (χ1n) is 5.97. The number of nitrogens with one attached hydrogen (secondary N) is 1. The number of amides is 1. The fraction of sp³-hybridized carbons (Fsp3) is 0.583. The van der Waals surface area contributed by atoms with E-state index >= 15 is 0 Å². The number of hydrogen-bond donors (Lipinski definition) is 2. The Balaban J connectivity index is 2.91. The summed E-state index contributed by atoms with van der Waals surface area (Å²) in [6.45, 7) is 6.36. The lowest BCUT2D eigenvalue weighted by molar-refractivity contribution is 0.0698. The van der Waals surface area contributed by atoms with Crippen LogP contribution in [0.15, 0.2) is 6.07 Å². The Kier molecular flexibility index (Phi) is 5.03. The molecular weight excluding hydrogens is 232 g/mol. The highest BCUT2D eigenvalue weighted by Gasteiger charge is 2.16. The summed E-state index contributed by atoms with van der Waals surface area (Å²) in [4.78, 5) is 21.9. The molecular formula is C12H20N4O2. The molecule has 0 aliphatic rings. The predicted molar refractivity (Wildman–Crippen MR) is 69.6 cm³/mol. The Morgan fingerprint density at radius 2 is 2.22 bits per heavy atom. The molecule has 6 nitrogen and oxygen atoms in total. The number of carbonyl (C=O) groups excluding carboxylic acids is 1. The quantitative estimate of drug-likeness (QED) is 0.805. The van der Waals surface area contributed by atoms with E-state index in [1.54, 1.807) is 20.0 Å². The maximum atomic E-state index is 12.1. The van der Waals surface area contributed by atoms with Gasteiger partial charge in [-0.2, -0.15) is 0 Å². The Morgan fingerprint density at radius 3 is 2.78 bits per heavy atom. The third-order valence-electron chi connectivity index (χ3n) is 2.29. The summed E-state index contributed by atoms with van der Waals surface area (Å²) >= 11 is 0. The second-order valence-corrected chi connectivity index (χ2v) is 4.28. The van der Waals surface area contributed by atoms with Crippen molar-refractivity contribution in [2.75, 3.05) is 25.5 Å². The number of anilines is 1. The molecule has 1 atom stereocenters. The molecule has 6 heteroatoms. The van der Waals surface area contributed by atoms with Crippen LogP contribution in [0.5, 0.6) is 0 Å². The van der Waals surface area contributed by atoms with Crippen molar-refractivity contribution in [1.29, 1.82) is 0 Å². The van der Waals surface area contributed by atoms with Crippen LogP contribution in [0.3, 0.4) is 0 Å². The summed E-state index contributed by atoms with van der Waals surface area (Å²) < 4.78 is 0. The van der Waals surface area contributed by atoms with E-state index in [9.17, 15) is 9.90 Å². The third-order valence-corrected chi connectivity index (χ3v) is 2.29. The summed E-state index contributed by atoms with van der Waals surface area (Å²) in [6.07, 6.45) is -0.560. The van der Waals surface area contributed by atoms with Crippen molar-refractivity contribution in [3.63, 3.8) is 0 Å². The van der Waals surface area contributed by atoms with Gasteiger partial charge in [-0.15, -0.1) is 0 Å². The Labute approximate surface area is 107 Å². The minimum Gasteiger partial charge on any atom is -0.392 e. The first kappa shape index (κ1) is 14.4. The molecule has 1 unspecified atom stereocenters. The zero-order valence-electron chi connectivity index (χ0n) is 11.3. The van der Waals surface area contributed by atoms with E-state index in [0.29, 0.717) is 18.2 Å². The number of carbonyl (C=O) groups is 1. The molecule has 0 aliphatic carbocycles. The van der Waals surface area contributed by atoms with Gasteiger partial charge >= 0.3 is 0 Å². The normalized spacial score (nSPS) is 12.1. The van der Waals surface area contributed by atoms with Crippen LogP contribution < -0.4 is 5.32 Å². The van der Waals surface area contributed by atoms with E-state index in [1.165, 1.54) is 4.90 Å². The number of rotatable bonds is 5. The van der Waals surface area contributed by atoms with Crippen LogP contribution in [-0.4, -0.2) is 52.1 Å². The number of nitrogens with zero attached hydrogens (tertiary/aromatic N) is 3. The van der Waals surface area contributed by atoms with Crippen molar-refractivity contribution in [1.82, 2.24) is 14.9 Å². The molecule has 0 saturated heterocycles. The minimum absolute atomic E-state index is 0.222. The molecule has 100 valence electrons. The molecule has 2 N–H and O–H groups in total. The molecule has 0 spiro atoms. The highest BCUT2D eigenvalue weighted by atomic mass is 16.3. The predicted octanol–water partition coefficient (Wildman–Crippen LogP) is 0.670. The average molecular weight is 252 g/mol. The maximum Gasteiger partial charge on any atom is 0.272 e. The molecule has 1 aromatic heterocycles. The Morgan fingerprint density at radius 1 is 1.56 bits per heavy atom. The average Bonchev–Trinajstić information content (AvgIpc) is 2.26. The van der Waals surface area contributed by atoms with Gasteiger partial charge < -0.3 is 15.3 Å². The lowest BCUT2D eigenvalue weighted by Gasteiger charge is -2.18. The van der Waals surface area contributed by atoms with Crippen LogP contribution in [0.25, 0.3) is 0 Å². The molecule has 0 radical (unpaired) electrons. The number of aromatic nitrogens is 2. The molecule has 0 fully saturated rings. The first-order chi connectivity index (χ1) is 8.43. The van der Waals surface area contributed by atoms with Crippen molar-refractivity contribution < 1.29 is 9.90 Å². The molecule has 0 aromatic carbocycles. The Hall–Kier alpha value is -1.69. The standard InChI is InChI=1S/C12H20N4O2/c1-5-13-12-14-8(2)6-10(15-12)11(18)16(4)7-9(3)17/h6,9,17H,5,7H2,1-4H3,(H,13,14,15). The van der Waals surface area contributed by atoms with E-state index in [1.807, 2.05) is 13.8 Å². The topological polar surface area (TPSA) is 78.4 Å². The van der Waals surface area contributed by atoms with Gasteiger partial charge in [-0.3, -0.25) is 4.79 Å². The van der Waals surface area contributed by atoms with Gasteiger partial charge in [-0.1, -0.05) is 0 Å². The lowest BCUT2D eigenvalue weighted by Crippen LogP contribution is -2.33. The van der Waals surface area contributed by atoms with Crippen molar-refractivity contribution >= 4 is 11.9 Å². The maximum absolute atomic E-state index is 12.1. The molecule has 1 aromatic rings. The highest BCUT2D eigenvalue weighted by molar-refractivity contribution is 5.92. The fourth-order valence-corrected chi connectivity index (χ4v) is 1.59. The van der Waals surface area contributed by atoms with Gasteiger partial charge in [0, 0.05) is 25.8 Å². The molecule has 1 heterocycles. The molecule has 1 amide bonds.